The summed E-state index contributed by atoms with van der Waals surface area (Å²) in [4.78, 5) is 4.06. The summed E-state index contributed by atoms with van der Waals surface area (Å²) >= 11 is 3.30. The second kappa shape index (κ2) is 7.50. The third-order valence-corrected chi connectivity index (χ3v) is 3.21. The third-order valence-electron chi connectivity index (χ3n) is 2.62. The van der Waals surface area contributed by atoms with Crippen molar-refractivity contribution in [3.63, 3.8) is 0 Å². The third kappa shape index (κ3) is 4.10. The molecule has 2 aromatic rings. The summed E-state index contributed by atoms with van der Waals surface area (Å²) in [6, 6.07) is 10.7. The van der Waals surface area contributed by atoms with Crippen LogP contribution in [0.5, 0.6) is 17.2 Å². The van der Waals surface area contributed by atoms with Crippen molar-refractivity contribution in [1.82, 2.24) is 4.98 Å². The number of halogens is 1. The predicted octanol–water partition coefficient (Wildman–Crippen LogP) is 3.18. The molecule has 0 aliphatic heterocycles. The zero-order valence-corrected chi connectivity index (χ0v) is 13.0. The van der Waals surface area contributed by atoms with Crippen LogP contribution < -0.4 is 14.2 Å². The van der Waals surface area contributed by atoms with Crippen LogP contribution in [0.15, 0.2) is 41.1 Å². The second-order valence-corrected chi connectivity index (χ2v) is 4.72. The van der Waals surface area contributed by atoms with E-state index in [0.717, 1.165) is 0 Å². The van der Waals surface area contributed by atoms with Gasteiger partial charge in [-0.05, 0) is 40.2 Å². The van der Waals surface area contributed by atoms with Crippen LogP contribution in [0, 0.1) is 11.3 Å². The fraction of sp³-hybridized carbons (Fsp3) is 0.200. The summed E-state index contributed by atoms with van der Waals surface area (Å²) in [6.45, 7) is 0.719. The Balaban J connectivity index is 1.89. The Morgan fingerprint density at radius 1 is 1.14 bits per heavy atom. The van der Waals surface area contributed by atoms with E-state index in [-0.39, 0.29) is 0 Å². The van der Waals surface area contributed by atoms with Crippen molar-refractivity contribution in [2.45, 2.75) is 0 Å². The van der Waals surface area contributed by atoms with Gasteiger partial charge in [-0.2, -0.15) is 5.26 Å². The molecule has 0 saturated heterocycles. The molecule has 2 rings (SSSR count). The van der Waals surface area contributed by atoms with Gasteiger partial charge in [0.1, 0.15) is 17.8 Å². The van der Waals surface area contributed by atoms with Gasteiger partial charge in [0, 0.05) is 12.3 Å². The van der Waals surface area contributed by atoms with Crippen molar-refractivity contribution < 1.29 is 14.2 Å². The Kier molecular flexibility index (Phi) is 5.41. The van der Waals surface area contributed by atoms with Crippen LogP contribution >= 0.6 is 15.9 Å². The first-order valence-electron chi connectivity index (χ1n) is 6.19. The number of methoxy groups -OCH3 is 1. The molecular weight excluding hydrogens is 336 g/mol. The predicted molar refractivity (Wildman–Crippen MR) is 80.6 cm³/mol. The van der Waals surface area contributed by atoms with E-state index < -0.39 is 0 Å². The maximum Gasteiger partial charge on any atom is 0.162 e. The summed E-state index contributed by atoms with van der Waals surface area (Å²) in [5.41, 5.74) is 0.523. The fourth-order valence-corrected chi connectivity index (χ4v) is 2.00. The van der Waals surface area contributed by atoms with Crippen LogP contribution in [-0.2, 0) is 0 Å². The number of hydrogen-bond donors (Lipinski definition) is 0. The molecule has 0 aliphatic rings. The molecule has 108 valence electrons. The zero-order chi connectivity index (χ0) is 15.1. The van der Waals surface area contributed by atoms with Crippen molar-refractivity contribution >= 4 is 15.9 Å². The van der Waals surface area contributed by atoms with Gasteiger partial charge in [0.2, 0.25) is 0 Å². The van der Waals surface area contributed by atoms with Crippen LogP contribution in [0.2, 0.25) is 0 Å². The summed E-state index contributed by atoms with van der Waals surface area (Å²) < 4.78 is 17.0. The highest BCUT2D eigenvalue weighted by atomic mass is 79.9. The Labute approximate surface area is 131 Å². The molecule has 1 heterocycles. The number of ether oxygens (including phenoxy) is 3. The number of nitrogens with zero attached hydrogens (tertiary/aromatic N) is 2. The van der Waals surface area contributed by atoms with Gasteiger partial charge in [-0.15, -0.1) is 0 Å². The van der Waals surface area contributed by atoms with Gasteiger partial charge in [0.05, 0.1) is 18.7 Å². The fourth-order valence-electron chi connectivity index (χ4n) is 1.64. The SMILES string of the molecule is COc1cc(C#N)ccc1OCCOc1cccnc1Br. The van der Waals surface area contributed by atoms with Gasteiger partial charge in [0.25, 0.3) is 0 Å². The van der Waals surface area contributed by atoms with Crippen molar-refractivity contribution in [3.8, 4) is 23.3 Å². The summed E-state index contributed by atoms with van der Waals surface area (Å²) in [5, 5.41) is 8.84. The Hall–Kier alpha value is -2.26. The smallest absolute Gasteiger partial charge is 0.162 e. The molecule has 0 amide bonds. The number of hydrogen-bond acceptors (Lipinski definition) is 5. The van der Waals surface area contributed by atoms with Gasteiger partial charge in [-0.25, -0.2) is 4.98 Å². The lowest BCUT2D eigenvalue weighted by Gasteiger charge is -2.11. The molecule has 0 unspecified atom stereocenters. The average Bonchev–Trinajstić information content (AvgIpc) is 2.53. The van der Waals surface area contributed by atoms with E-state index in [1.807, 2.05) is 6.07 Å². The van der Waals surface area contributed by atoms with E-state index in [1.165, 1.54) is 7.11 Å². The Morgan fingerprint density at radius 2 is 1.90 bits per heavy atom. The Morgan fingerprint density at radius 3 is 2.57 bits per heavy atom. The first-order chi connectivity index (χ1) is 10.2. The number of benzene rings is 1. The number of rotatable bonds is 6. The maximum absolute atomic E-state index is 8.84. The van der Waals surface area contributed by atoms with E-state index in [1.54, 1.807) is 30.5 Å². The first kappa shape index (κ1) is 15.1. The summed E-state index contributed by atoms with van der Waals surface area (Å²) in [5.74, 6) is 1.76. The van der Waals surface area contributed by atoms with E-state index in [9.17, 15) is 0 Å². The van der Waals surface area contributed by atoms with E-state index >= 15 is 0 Å². The van der Waals surface area contributed by atoms with Crippen molar-refractivity contribution in [2.24, 2.45) is 0 Å². The molecule has 0 radical (unpaired) electrons. The molecule has 0 fully saturated rings. The van der Waals surface area contributed by atoms with Gasteiger partial charge in [-0.1, -0.05) is 0 Å². The van der Waals surface area contributed by atoms with Crippen LogP contribution in [0.3, 0.4) is 0 Å². The largest absolute Gasteiger partial charge is 0.493 e. The minimum atomic E-state index is 0.351. The second-order valence-electron chi connectivity index (χ2n) is 3.97. The lowest BCUT2D eigenvalue weighted by Crippen LogP contribution is -2.10. The van der Waals surface area contributed by atoms with E-state index in [0.29, 0.717) is 40.6 Å². The average molecular weight is 349 g/mol. The molecule has 6 heteroatoms. The molecule has 1 aromatic heterocycles. The minimum absolute atomic E-state index is 0.351. The molecule has 1 aromatic carbocycles. The van der Waals surface area contributed by atoms with Crippen LogP contribution in [0.25, 0.3) is 0 Å². The number of nitriles is 1. The molecule has 5 nitrogen and oxygen atoms in total. The molecule has 0 atom stereocenters. The van der Waals surface area contributed by atoms with Crippen LogP contribution in [0.4, 0.5) is 0 Å². The summed E-state index contributed by atoms with van der Waals surface area (Å²) in [6.07, 6.45) is 1.68. The highest BCUT2D eigenvalue weighted by molar-refractivity contribution is 9.10. The van der Waals surface area contributed by atoms with Gasteiger partial charge >= 0.3 is 0 Å². The highest BCUT2D eigenvalue weighted by Crippen LogP contribution is 2.28. The molecule has 0 aliphatic carbocycles. The van der Waals surface area contributed by atoms with Gasteiger partial charge < -0.3 is 14.2 Å². The number of pyridine rings is 1. The molecule has 0 spiro atoms. The molecule has 0 saturated carbocycles. The van der Waals surface area contributed by atoms with Crippen LogP contribution in [-0.4, -0.2) is 25.3 Å². The Bertz CT molecular complexity index is 656. The topological polar surface area (TPSA) is 64.4 Å². The number of aromatic nitrogens is 1. The first-order valence-corrected chi connectivity index (χ1v) is 6.98. The standard InChI is InChI=1S/C15H13BrN2O3/c1-19-14-9-11(10-17)4-5-12(14)20-7-8-21-13-3-2-6-18-15(13)16/h2-6,9H,7-8H2,1H3. The van der Waals surface area contributed by atoms with Crippen LogP contribution in [0.1, 0.15) is 5.56 Å². The lowest BCUT2D eigenvalue weighted by molar-refractivity contribution is 0.210. The lowest BCUT2D eigenvalue weighted by atomic mass is 10.2. The molecule has 0 bridgehead atoms. The molecule has 21 heavy (non-hydrogen) atoms. The van der Waals surface area contributed by atoms with E-state index in [4.69, 9.17) is 19.5 Å². The zero-order valence-electron chi connectivity index (χ0n) is 11.4. The van der Waals surface area contributed by atoms with Crippen molar-refractivity contribution in [3.05, 3.63) is 46.7 Å². The molecular formula is C15H13BrN2O3. The minimum Gasteiger partial charge on any atom is -0.493 e. The monoisotopic (exact) mass is 348 g/mol. The molecule has 0 N–H and O–H groups in total. The van der Waals surface area contributed by atoms with Gasteiger partial charge in [0.15, 0.2) is 17.2 Å². The maximum atomic E-state index is 8.84. The summed E-state index contributed by atoms with van der Waals surface area (Å²) in [7, 11) is 1.53. The van der Waals surface area contributed by atoms with E-state index in [2.05, 4.69) is 27.0 Å². The van der Waals surface area contributed by atoms with Crippen molar-refractivity contribution in [1.29, 1.82) is 5.26 Å². The highest BCUT2D eigenvalue weighted by Gasteiger charge is 2.06. The quantitative estimate of drug-likeness (QED) is 0.592. The van der Waals surface area contributed by atoms with Crippen molar-refractivity contribution in [2.75, 3.05) is 20.3 Å². The normalized spacial score (nSPS) is 9.76. The van der Waals surface area contributed by atoms with Gasteiger partial charge in [-0.3, -0.25) is 0 Å².